The molecule has 0 saturated heterocycles. The lowest BCUT2D eigenvalue weighted by Crippen LogP contribution is -2.38. The Balaban J connectivity index is 1.96. The molecule has 2 aromatic rings. The van der Waals surface area contributed by atoms with Gasteiger partial charge in [-0.05, 0) is 49.1 Å². The summed E-state index contributed by atoms with van der Waals surface area (Å²) in [5.41, 5.74) is 1.32. The molecule has 0 radical (unpaired) electrons. The third kappa shape index (κ3) is 1.84. The number of phenolic OH excluding ortho intramolecular Hbond substituents is 1. The second-order valence-corrected chi connectivity index (χ2v) is 6.34. The highest BCUT2D eigenvalue weighted by molar-refractivity contribution is 5.53. The number of fused-ring (bicyclic) bond motifs is 3. The molecule has 114 valence electrons. The number of aromatic hydroxyl groups is 1. The molecule has 0 amide bonds. The van der Waals surface area contributed by atoms with E-state index in [1.165, 1.54) is 6.07 Å². The summed E-state index contributed by atoms with van der Waals surface area (Å²) in [7, 11) is 0. The van der Waals surface area contributed by atoms with Crippen LogP contribution in [0.3, 0.4) is 0 Å². The zero-order chi connectivity index (χ0) is 15.2. The Hall–Kier alpha value is -2.03. The molecular formula is C19H19FO2. The summed E-state index contributed by atoms with van der Waals surface area (Å²) in [5.74, 6) is 0.730. The molecule has 1 fully saturated rings. The summed E-state index contributed by atoms with van der Waals surface area (Å²) in [5, 5.41) is 9.59. The number of hydrogen-bond acceptors (Lipinski definition) is 2. The van der Waals surface area contributed by atoms with Gasteiger partial charge in [-0.2, -0.15) is 0 Å². The monoisotopic (exact) mass is 298 g/mol. The van der Waals surface area contributed by atoms with Gasteiger partial charge in [-0.15, -0.1) is 0 Å². The lowest BCUT2D eigenvalue weighted by atomic mass is 9.68. The van der Waals surface area contributed by atoms with Gasteiger partial charge in [0.25, 0.3) is 0 Å². The normalized spacial score (nSPS) is 26.7. The van der Waals surface area contributed by atoms with Crippen LogP contribution in [0.25, 0.3) is 0 Å². The van der Waals surface area contributed by atoms with E-state index in [2.05, 4.69) is 0 Å². The number of ether oxygens (including phenoxy) is 1. The predicted molar refractivity (Wildman–Crippen MR) is 82.8 cm³/mol. The van der Waals surface area contributed by atoms with Crippen LogP contribution in [-0.4, -0.2) is 11.2 Å². The number of rotatable bonds is 1. The number of phenols is 1. The first-order valence-corrected chi connectivity index (χ1v) is 7.97. The van der Waals surface area contributed by atoms with Crippen molar-refractivity contribution in [3.8, 4) is 11.5 Å². The van der Waals surface area contributed by atoms with E-state index in [-0.39, 0.29) is 17.7 Å². The van der Waals surface area contributed by atoms with Crippen molar-refractivity contribution in [2.45, 2.75) is 43.6 Å². The van der Waals surface area contributed by atoms with Crippen molar-refractivity contribution in [3.63, 3.8) is 0 Å². The maximum Gasteiger partial charge on any atom is 0.131 e. The molecule has 3 heteroatoms. The van der Waals surface area contributed by atoms with Crippen LogP contribution in [0.4, 0.5) is 4.39 Å². The van der Waals surface area contributed by atoms with E-state index in [0.29, 0.717) is 11.3 Å². The molecule has 2 aliphatic rings. The Kier molecular flexibility index (Phi) is 3.10. The molecule has 2 nitrogen and oxygen atoms in total. The second-order valence-electron chi connectivity index (χ2n) is 6.34. The molecule has 1 N–H and O–H groups in total. The maximum atomic E-state index is 14.7. The van der Waals surface area contributed by atoms with E-state index in [4.69, 9.17) is 4.74 Å². The first kappa shape index (κ1) is 13.6. The zero-order valence-electron chi connectivity index (χ0n) is 12.4. The Bertz CT molecular complexity index is 695. The van der Waals surface area contributed by atoms with Crippen LogP contribution in [0.1, 0.15) is 43.2 Å². The molecule has 1 aliphatic heterocycles. The smallest absolute Gasteiger partial charge is 0.131 e. The first-order chi connectivity index (χ1) is 10.7. The Labute approximate surface area is 129 Å². The van der Waals surface area contributed by atoms with Crippen molar-refractivity contribution < 1.29 is 14.2 Å². The third-order valence-corrected chi connectivity index (χ3v) is 5.16. The maximum absolute atomic E-state index is 14.7. The number of hydrogen-bond donors (Lipinski definition) is 1. The fourth-order valence-corrected chi connectivity index (χ4v) is 4.19. The van der Waals surface area contributed by atoms with Gasteiger partial charge in [0.1, 0.15) is 23.4 Å². The van der Waals surface area contributed by atoms with Gasteiger partial charge in [0.15, 0.2) is 0 Å². The van der Waals surface area contributed by atoms with Gasteiger partial charge >= 0.3 is 0 Å². The van der Waals surface area contributed by atoms with Crippen molar-refractivity contribution in [1.82, 2.24) is 0 Å². The first-order valence-electron chi connectivity index (χ1n) is 7.97. The van der Waals surface area contributed by atoms with Crippen molar-refractivity contribution in [2.24, 2.45) is 0 Å². The van der Waals surface area contributed by atoms with E-state index in [0.717, 1.165) is 37.7 Å². The van der Waals surface area contributed by atoms with Gasteiger partial charge in [0, 0.05) is 5.56 Å². The Morgan fingerprint density at radius 3 is 2.68 bits per heavy atom. The third-order valence-electron chi connectivity index (χ3n) is 5.16. The fraction of sp³-hybridized carbons (Fsp3) is 0.368. The largest absolute Gasteiger partial charge is 0.508 e. The molecule has 2 aromatic carbocycles. The van der Waals surface area contributed by atoms with Crippen LogP contribution >= 0.6 is 0 Å². The molecule has 0 bridgehead atoms. The number of benzene rings is 2. The predicted octanol–water partition coefficient (Wildman–Crippen LogP) is 4.54. The van der Waals surface area contributed by atoms with Gasteiger partial charge in [0.05, 0.1) is 5.41 Å². The molecule has 0 aromatic heterocycles. The van der Waals surface area contributed by atoms with E-state index in [1.807, 2.05) is 18.2 Å². The van der Waals surface area contributed by atoms with Crippen molar-refractivity contribution in [2.75, 3.05) is 0 Å². The van der Waals surface area contributed by atoms with Crippen LogP contribution in [0.15, 0.2) is 42.5 Å². The minimum Gasteiger partial charge on any atom is -0.508 e. The standard InChI is InChI=1S/C19H19FO2/c20-15-5-4-6-16-18(15)19(13-8-10-14(21)11-9-13)12-3-1-2-7-17(19)22-16/h4-6,8-11,17,21H,1-3,7,12H2/t17-,19+/m0/s1. The topological polar surface area (TPSA) is 29.5 Å². The van der Waals surface area contributed by atoms with Crippen LogP contribution in [-0.2, 0) is 5.41 Å². The van der Waals surface area contributed by atoms with Crippen molar-refractivity contribution in [3.05, 3.63) is 59.4 Å². The van der Waals surface area contributed by atoms with Gasteiger partial charge < -0.3 is 9.84 Å². The van der Waals surface area contributed by atoms with Crippen molar-refractivity contribution in [1.29, 1.82) is 0 Å². The van der Waals surface area contributed by atoms with Gasteiger partial charge in [-0.3, -0.25) is 0 Å². The summed E-state index contributed by atoms with van der Waals surface area (Å²) >= 11 is 0. The van der Waals surface area contributed by atoms with Gasteiger partial charge in [-0.1, -0.05) is 31.0 Å². The quantitative estimate of drug-likeness (QED) is 0.837. The van der Waals surface area contributed by atoms with Crippen LogP contribution < -0.4 is 4.74 Å². The molecule has 1 heterocycles. The highest BCUT2D eigenvalue weighted by atomic mass is 19.1. The molecule has 2 atom stereocenters. The van der Waals surface area contributed by atoms with E-state index < -0.39 is 5.41 Å². The summed E-state index contributed by atoms with van der Waals surface area (Å²) in [4.78, 5) is 0. The SMILES string of the molecule is Oc1ccc([C@]23CCCCC[C@@H]2Oc2cccc(F)c23)cc1. The summed E-state index contributed by atoms with van der Waals surface area (Å²) in [6, 6.07) is 12.3. The lowest BCUT2D eigenvalue weighted by molar-refractivity contribution is 0.158. The highest BCUT2D eigenvalue weighted by Crippen LogP contribution is 2.54. The van der Waals surface area contributed by atoms with E-state index >= 15 is 0 Å². The average molecular weight is 298 g/mol. The summed E-state index contributed by atoms with van der Waals surface area (Å²) in [6.45, 7) is 0. The van der Waals surface area contributed by atoms with E-state index in [9.17, 15) is 9.50 Å². The van der Waals surface area contributed by atoms with E-state index in [1.54, 1.807) is 18.2 Å². The number of halogens is 1. The minimum atomic E-state index is -0.426. The second kappa shape index (κ2) is 5.01. The average Bonchev–Trinajstić information content (AvgIpc) is 2.70. The van der Waals surface area contributed by atoms with Crippen LogP contribution in [0, 0.1) is 5.82 Å². The van der Waals surface area contributed by atoms with Crippen molar-refractivity contribution >= 4 is 0 Å². The Morgan fingerprint density at radius 1 is 1.05 bits per heavy atom. The Morgan fingerprint density at radius 2 is 1.86 bits per heavy atom. The van der Waals surface area contributed by atoms with Gasteiger partial charge in [-0.25, -0.2) is 4.39 Å². The summed E-state index contributed by atoms with van der Waals surface area (Å²) in [6.07, 6.45) is 5.13. The fourth-order valence-electron chi connectivity index (χ4n) is 4.19. The van der Waals surface area contributed by atoms with Crippen LogP contribution in [0.5, 0.6) is 11.5 Å². The highest BCUT2D eigenvalue weighted by Gasteiger charge is 2.51. The lowest BCUT2D eigenvalue weighted by Gasteiger charge is -2.34. The zero-order valence-corrected chi connectivity index (χ0v) is 12.4. The molecular weight excluding hydrogens is 279 g/mol. The van der Waals surface area contributed by atoms with Crippen LogP contribution in [0.2, 0.25) is 0 Å². The summed E-state index contributed by atoms with van der Waals surface area (Å²) < 4.78 is 20.8. The molecule has 1 saturated carbocycles. The molecule has 22 heavy (non-hydrogen) atoms. The molecule has 1 aliphatic carbocycles. The molecule has 4 rings (SSSR count). The van der Waals surface area contributed by atoms with Gasteiger partial charge in [0.2, 0.25) is 0 Å². The molecule has 0 spiro atoms. The molecule has 0 unspecified atom stereocenters. The minimum absolute atomic E-state index is 0.0218.